The first-order valence-corrected chi connectivity index (χ1v) is 9.90. The number of carbonyl (C=O) groups is 2. The number of nitrogens with one attached hydrogen (secondary N) is 1. The van der Waals surface area contributed by atoms with Crippen molar-refractivity contribution in [1.29, 1.82) is 0 Å². The van der Waals surface area contributed by atoms with Crippen molar-refractivity contribution < 1.29 is 14.3 Å². The van der Waals surface area contributed by atoms with Gasteiger partial charge in [0.05, 0.1) is 5.70 Å². The second kappa shape index (κ2) is 9.36. The topological polar surface area (TPSA) is 55.4 Å². The van der Waals surface area contributed by atoms with Crippen molar-refractivity contribution in [3.05, 3.63) is 77.0 Å². The van der Waals surface area contributed by atoms with Crippen LogP contribution in [-0.2, 0) is 9.53 Å². The Morgan fingerprint density at radius 2 is 1.54 bits per heavy atom. The SMILES string of the molecule is CC(=O)O/C(C(=O)c1ccc(C)cc1)=C(/NC1CCCCC1)c1ccccc1. The molecule has 0 spiro atoms. The lowest BCUT2D eigenvalue weighted by Crippen LogP contribution is -2.32. The van der Waals surface area contributed by atoms with Crippen molar-refractivity contribution >= 4 is 17.4 Å². The van der Waals surface area contributed by atoms with Gasteiger partial charge in [-0.25, -0.2) is 0 Å². The number of hydrogen-bond donors (Lipinski definition) is 1. The van der Waals surface area contributed by atoms with Crippen molar-refractivity contribution in [2.75, 3.05) is 0 Å². The third-order valence-corrected chi connectivity index (χ3v) is 5.01. The van der Waals surface area contributed by atoms with E-state index < -0.39 is 5.97 Å². The molecular formula is C24H27NO3. The Morgan fingerprint density at radius 3 is 2.14 bits per heavy atom. The molecule has 1 aliphatic rings. The van der Waals surface area contributed by atoms with Crippen LogP contribution in [0.2, 0.25) is 0 Å². The standard InChI is InChI=1S/C24H27NO3/c1-17-13-15-20(16-14-17)23(27)24(28-18(2)26)22(19-9-5-3-6-10-19)25-21-11-7-4-8-12-21/h3,5-6,9-10,13-16,21,25H,4,7-8,11-12H2,1-2H3/b24-22+. The summed E-state index contributed by atoms with van der Waals surface area (Å²) in [4.78, 5) is 25.1. The highest BCUT2D eigenvalue weighted by molar-refractivity contribution is 6.12. The molecule has 1 fully saturated rings. The second-order valence-electron chi connectivity index (χ2n) is 7.34. The van der Waals surface area contributed by atoms with Crippen LogP contribution in [0, 0.1) is 6.92 Å². The maximum atomic E-state index is 13.3. The van der Waals surface area contributed by atoms with Gasteiger partial charge in [-0.3, -0.25) is 9.59 Å². The fourth-order valence-corrected chi connectivity index (χ4v) is 3.53. The fraction of sp³-hybridized carbons (Fsp3) is 0.333. The maximum absolute atomic E-state index is 13.3. The lowest BCUT2D eigenvalue weighted by atomic mass is 9.94. The van der Waals surface area contributed by atoms with Gasteiger partial charge < -0.3 is 10.1 Å². The van der Waals surface area contributed by atoms with Crippen molar-refractivity contribution in [2.24, 2.45) is 0 Å². The van der Waals surface area contributed by atoms with E-state index in [1.165, 1.54) is 13.3 Å². The number of esters is 1. The Labute approximate surface area is 166 Å². The van der Waals surface area contributed by atoms with Crippen LogP contribution < -0.4 is 5.32 Å². The summed E-state index contributed by atoms with van der Waals surface area (Å²) in [5.74, 6) is -0.736. The van der Waals surface area contributed by atoms with Crippen LogP contribution in [0.4, 0.5) is 0 Å². The maximum Gasteiger partial charge on any atom is 0.308 e. The Morgan fingerprint density at radius 1 is 0.893 bits per heavy atom. The average Bonchev–Trinajstić information content (AvgIpc) is 2.72. The zero-order chi connectivity index (χ0) is 19.9. The van der Waals surface area contributed by atoms with E-state index in [0.717, 1.165) is 36.8 Å². The van der Waals surface area contributed by atoms with Gasteiger partial charge in [0.25, 0.3) is 0 Å². The molecule has 1 N–H and O–H groups in total. The zero-order valence-electron chi connectivity index (χ0n) is 16.5. The fourth-order valence-electron chi connectivity index (χ4n) is 3.53. The normalized spacial score (nSPS) is 15.5. The van der Waals surface area contributed by atoms with Gasteiger partial charge >= 0.3 is 5.97 Å². The van der Waals surface area contributed by atoms with Crippen LogP contribution in [0.5, 0.6) is 0 Å². The van der Waals surface area contributed by atoms with E-state index in [2.05, 4.69) is 5.32 Å². The van der Waals surface area contributed by atoms with Gasteiger partial charge in [-0.05, 0) is 19.8 Å². The molecule has 0 heterocycles. The highest BCUT2D eigenvalue weighted by atomic mass is 16.5. The average molecular weight is 377 g/mol. The first-order valence-electron chi connectivity index (χ1n) is 9.90. The summed E-state index contributed by atoms with van der Waals surface area (Å²) in [5, 5.41) is 3.52. The summed E-state index contributed by atoms with van der Waals surface area (Å²) >= 11 is 0. The molecule has 0 atom stereocenters. The molecule has 0 radical (unpaired) electrons. The van der Waals surface area contributed by atoms with E-state index in [4.69, 9.17) is 4.74 Å². The minimum Gasteiger partial charge on any atom is -0.420 e. The largest absolute Gasteiger partial charge is 0.420 e. The number of allylic oxidation sites excluding steroid dienone is 1. The molecule has 0 amide bonds. The highest BCUT2D eigenvalue weighted by Crippen LogP contribution is 2.25. The number of carbonyl (C=O) groups excluding carboxylic acids is 2. The Balaban J connectivity index is 2.06. The molecule has 0 aromatic heterocycles. The number of ether oxygens (including phenoxy) is 1. The number of ketones is 1. The third-order valence-electron chi connectivity index (χ3n) is 5.01. The molecule has 3 rings (SSSR count). The van der Waals surface area contributed by atoms with E-state index in [9.17, 15) is 9.59 Å². The molecule has 4 nitrogen and oxygen atoms in total. The van der Waals surface area contributed by atoms with Gasteiger partial charge in [-0.2, -0.15) is 0 Å². The Kier molecular flexibility index (Phi) is 6.64. The molecule has 146 valence electrons. The van der Waals surface area contributed by atoms with Gasteiger partial charge in [-0.1, -0.05) is 79.4 Å². The monoisotopic (exact) mass is 377 g/mol. The van der Waals surface area contributed by atoms with E-state index in [0.29, 0.717) is 11.3 Å². The minimum atomic E-state index is -0.505. The smallest absolute Gasteiger partial charge is 0.308 e. The van der Waals surface area contributed by atoms with E-state index in [-0.39, 0.29) is 17.6 Å². The summed E-state index contributed by atoms with van der Waals surface area (Å²) in [6, 6.07) is 17.2. The van der Waals surface area contributed by atoms with Crippen LogP contribution in [0.1, 0.15) is 60.5 Å². The highest BCUT2D eigenvalue weighted by Gasteiger charge is 2.25. The predicted octanol–water partition coefficient (Wildman–Crippen LogP) is 5.03. The number of aryl methyl sites for hydroxylation is 1. The molecule has 0 saturated heterocycles. The van der Waals surface area contributed by atoms with Gasteiger partial charge in [-0.15, -0.1) is 0 Å². The van der Waals surface area contributed by atoms with Crippen LogP contribution in [0.15, 0.2) is 60.4 Å². The number of rotatable bonds is 6. The number of benzene rings is 2. The molecule has 2 aromatic rings. The van der Waals surface area contributed by atoms with Gasteiger partial charge in [0, 0.05) is 24.1 Å². The van der Waals surface area contributed by atoms with Crippen LogP contribution in [-0.4, -0.2) is 17.8 Å². The zero-order valence-corrected chi connectivity index (χ0v) is 16.5. The first kappa shape index (κ1) is 19.9. The molecule has 0 bridgehead atoms. The second-order valence-corrected chi connectivity index (χ2v) is 7.34. The number of Topliss-reactive ketones (excluding diaryl/α,β-unsaturated/α-hetero) is 1. The minimum absolute atomic E-state index is 0.0631. The van der Waals surface area contributed by atoms with Crippen molar-refractivity contribution in [3.63, 3.8) is 0 Å². The Hall–Kier alpha value is -2.88. The molecule has 28 heavy (non-hydrogen) atoms. The molecule has 2 aromatic carbocycles. The molecule has 0 unspecified atom stereocenters. The van der Waals surface area contributed by atoms with E-state index in [1.807, 2.05) is 49.4 Å². The molecule has 4 heteroatoms. The van der Waals surface area contributed by atoms with Gasteiger partial charge in [0.15, 0.2) is 0 Å². The first-order chi connectivity index (χ1) is 13.5. The predicted molar refractivity (Wildman–Crippen MR) is 111 cm³/mol. The molecule has 1 saturated carbocycles. The van der Waals surface area contributed by atoms with Crippen molar-refractivity contribution in [2.45, 2.75) is 52.0 Å². The van der Waals surface area contributed by atoms with Crippen LogP contribution in [0.25, 0.3) is 5.70 Å². The lowest BCUT2D eigenvalue weighted by Gasteiger charge is -2.26. The molecular weight excluding hydrogens is 350 g/mol. The Bertz CT molecular complexity index is 847. The summed E-state index contributed by atoms with van der Waals surface area (Å²) in [6.45, 7) is 3.29. The van der Waals surface area contributed by atoms with Crippen LogP contribution in [0.3, 0.4) is 0 Å². The third kappa shape index (κ3) is 5.10. The summed E-state index contributed by atoms with van der Waals surface area (Å²) < 4.78 is 5.48. The van der Waals surface area contributed by atoms with Gasteiger partial charge in [0.2, 0.25) is 11.5 Å². The van der Waals surface area contributed by atoms with E-state index in [1.54, 1.807) is 12.1 Å². The van der Waals surface area contributed by atoms with Crippen molar-refractivity contribution in [3.8, 4) is 0 Å². The van der Waals surface area contributed by atoms with Crippen LogP contribution >= 0.6 is 0 Å². The molecule has 1 aliphatic carbocycles. The van der Waals surface area contributed by atoms with Crippen molar-refractivity contribution in [1.82, 2.24) is 5.32 Å². The lowest BCUT2D eigenvalue weighted by molar-refractivity contribution is -0.136. The van der Waals surface area contributed by atoms with E-state index >= 15 is 0 Å². The summed E-state index contributed by atoms with van der Waals surface area (Å²) in [6.07, 6.45) is 5.65. The summed E-state index contributed by atoms with van der Waals surface area (Å²) in [7, 11) is 0. The quantitative estimate of drug-likeness (QED) is 0.332. The summed E-state index contributed by atoms with van der Waals surface area (Å²) in [5.41, 5.74) is 3.00. The molecule has 0 aliphatic heterocycles. The number of hydrogen-bond acceptors (Lipinski definition) is 4. The van der Waals surface area contributed by atoms with Gasteiger partial charge in [0.1, 0.15) is 0 Å².